The summed E-state index contributed by atoms with van der Waals surface area (Å²) >= 11 is 0. The molecule has 3 aromatic carbocycles. The van der Waals surface area contributed by atoms with Gasteiger partial charge in [0.1, 0.15) is 12.4 Å². The SMILES string of the molecule is O=C(O)c1ccccc1-c1nc(-c2ccc(OCc3ccccc3)cc2)no1. The van der Waals surface area contributed by atoms with Crippen molar-refractivity contribution in [3.05, 3.63) is 90.0 Å². The van der Waals surface area contributed by atoms with Crippen LogP contribution in [0.1, 0.15) is 15.9 Å². The van der Waals surface area contributed by atoms with E-state index >= 15 is 0 Å². The van der Waals surface area contributed by atoms with E-state index in [0.717, 1.165) is 16.9 Å². The van der Waals surface area contributed by atoms with Gasteiger partial charge < -0.3 is 14.4 Å². The maximum absolute atomic E-state index is 11.4. The first-order valence-corrected chi connectivity index (χ1v) is 8.64. The van der Waals surface area contributed by atoms with Crippen molar-refractivity contribution < 1.29 is 19.2 Å². The highest BCUT2D eigenvalue weighted by Gasteiger charge is 2.17. The van der Waals surface area contributed by atoms with Crippen molar-refractivity contribution in [1.29, 1.82) is 0 Å². The zero-order valence-electron chi connectivity index (χ0n) is 14.8. The number of carbonyl (C=O) groups is 1. The first-order chi connectivity index (χ1) is 13.7. The Kier molecular flexibility index (Phi) is 4.84. The minimum atomic E-state index is -1.05. The number of rotatable bonds is 6. The zero-order valence-corrected chi connectivity index (χ0v) is 14.8. The lowest BCUT2D eigenvalue weighted by atomic mass is 10.1. The van der Waals surface area contributed by atoms with Gasteiger partial charge in [0, 0.05) is 5.56 Å². The smallest absolute Gasteiger partial charge is 0.336 e. The molecule has 1 aromatic heterocycles. The van der Waals surface area contributed by atoms with Crippen LogP contribution in [0.4, 0.5) is 0 Å². The number of hydrogen-bond donors (Lipinski definition) is 1. The molecule has 28 heavy (non-hydrogen) atoms. The van der Waals surface area contributed by atoms with Gasteiger partial charge in [0.15, 0.2) is 0 Å². The summed E-state index contributed by atoms with van der Waals surface area (Å²) in [4.78, 5) is 15.7. The van der Waals surface area contributed by atoms with Crippen molar-refractivity contribution in [2.75, 3.05) is 0 Å². The van der Waals surface area contributed by atoms with Gasteiger partial charge in [-0.25, -0.2) is 4.79 Å². The van der Waals surface area contributed by atoms with E-state index in [1.807, 2.05) is 54.6 Å². The van der Waals surface area contributed by atoms with E-state index < -0.39 is 5.97 Å². The monoisotopic (exact) mass is 372 g/mol. The second-order valence-corrected chi connectivity index (χ2v) is 6.07. The van der Waals surface area contributed by atoms with Crippen LogP contribution in [0, 0.1) is 0 Å². The maximum atomic E-state index is 11.4. The highest BCUT2D eigenvalue weighted by Crippen LogP contribution is 2.26. The summed E-state index contributed by atoms with van der Waals surface area (Å²) in [7, 11) is 0. The molecule has 0 bridgehead atoms. The third-order valence-electron chi connectivity index (χ3n) is 4.17. The quantitative estimate of drug-likeness (QED) is 0.529. The van der Waals surface area contributed by atoms with Gasteiger partial charge in [0.2, 0.25) is 5.82 Å². The van der Waals surface area contributed by atoms with E-state index in [4.69, 9.17) is 9.26 Å². The molecule has 0 atom stereocenters. The molecule has 0 aliphatic heterocycles. The standard InChI is InChI=1S/C22H16N2O4/c25-22(26)19-9-5-4-8-18(19)21-23-20(24-28-21)16-10-12-17(13-11-16)27-14-15-6-2-1-3-7-15/h1-13H,14H2,(H,25,26). The lowest BCUT2D eigenvalue weighted by molar-refractivity contribution is 0.0697. The summed E-state index contributed by atoms with van der Waals surface area (Å²) in [5, 5.41) is 13.3. The number of ether oxygens (including phenoxy) is 1. The van der Waals surface area contributed by atoms with Crippen LogP contribution in [-0.2, 0) is 6.61 Å². The molecule has 0 amide bonds. The van der Waals surface area contributed by atoms with Crippen molar-refractivity contribution in [3.63, 3.8) is 0 Å². The minimum Gasteiger partial charge on any atom is -0.489 e. The number of carboxylic acids is 1. The van der Waals surface area contributed by atoms with Crippen LogP contribution >= 0.6 is 0 Å². The Labute approximate surface area is 161 Å². The molecule has 0 spiro atoms. The second kappa shape index (κ2) is 7.75. The van der Waals surface area contributed by atoms with Crippen LogP contribution in [0.25, 0.3) is 22.8 Å². The van der Waals surface area contributed by atoms with Crippen LogP contribution < -0.4 is 4.74 Å². The molecule has 0 aliphatic carbocycles. The summed E-state index contributed by atoms with van der Waals surface area (Å²) in [6, 6.07) is 23.8. The van der Waals surface area contributed by atoms with Gasteiger partial charge in [0.05, 0.1) is 11.1 Å². The van der Waals surface area contributed by atoms with Crippen LogP contribution in [0.2, 0.25) is 0 Å². The minimum absolute atomic E-state index is 0.113. The lowest BCUT2D eigenvalue weighted by Crippen LogP contribution is -1.99. The van der Waals surface area contributed by atoms with E-state index in [1.165, 1.54) is 6.07 Å². The number of carboxylic acid groups (broad SMARTS) is 1. The fraction of sp³-hybridized carbons (Fsp3) is 0.0455. The molecule has 6 nitrogen and oxygen atoms in total. The zero-order chi connectivity index (χ0) is 19.3. The molecule has 0 aliphatic rings. The van der Waals surface area contributed by atoms with Crippen LogP contribution in [0.3, 0.4) is 0 Å². The molecular weight excluding hydrogens is 356 g/mol. The van der Waals surface area contributed by atoms with Crippen molar-refractivity contribution >= 4 is 5.97 Å². The van der Waals surface area contributed by atoms with Gasteiger partial charge >= 0.3 is 5.97 Å². The van der Waals surface area contributed by atoms with E-state index in [0.29, 0.717) is 18.0 Å². The Bertz CT molecular complexity index is 1090. The van der Waals surface area contributed by atoms with Gasteiger partial charge in [-0.1, -0.05) is 47.6 Å². The Morgan fingerprint density at radius 1 is 0.929 bits per heavy atom. The fourth-order valence-corrected chi connectivity index (χ4v) is 2.75. The number of aromatic carboxylic acids is 1. The van der Waals surface area contributed by atoms with E-state index in [9.17, 15) is 9.90 Å². The maximum Gasteiger partial charge on any atom is 0.336 e. The molecule has 0 radical (unpaired) electrons. The summed E-state index contributed by atoms with van der Waals surface area (Å²) in [6.07, 6.45) is 0. The highest BCUT2D eigenvalue weighted by atomic mass is 16.5. The number of aromatic nitrogens is 2. The average Bonchev–Trinajstić information content (AvgIpc) is 3.23. The Morgan fingerprint density at radius 2 is 1.64 bits per heavy atom. The Balaban J connectivity index is 1.51. The van der Waals surface area contributed by atoms with Crippen LogP contribution in [0.5, 0.6) is 5.75 Å². The fourth-order valence-electron chi connectivity index (χ4n) is 2.75. The molecular formula is C22H16N2O4. The molecule has 1 N–H and O–H groups in total. The third-order valence-corrected chi connectivity index (χ3v) is 4.17. The Morgan fingerprint density at radius 3 is 2.39 bits per heavy atom. The molecule has 6 heteroatoms. The lowest BCUT2D eigenvalue weighted by Gasteiger charge is -2.06. The van der Waals surface area contributed by atoms with Crippen LogP contribution in [-0.4, -0.2) is 21.2 Å². The van der Waals surface area contributed by atoms with Gasteiger partial charge in [-0.3, -0.25) is 0 Å². The first kappa shape index (κ1) is 17.5. The molecule has 138 valence electrons. The average molecular weight is 372 g/mol. The van der Waals surface area contributed by atoms with Crippen molar-refractivity contribution in [2.45, 2.75) is 6.61 Å². The van der Waals surface area contributed by atoms with E-state index in [1.54, 1.807) is 18.2 Å². The van der Waals surface area contributed by atoms with Crippen LogP contribution in [0.15, 0.2) is 83.4 Å². The van der Waals surface area contributed by atoms with Gasteiger partial charge in [-0.2, -0.15) is 4.98 Å². The molecule has 4 aromatic rings. The first-order valence-electron chi connectivity index (χ1n) is 8.64. The van der Waals surface area contributed by atoms with Gasteiger partial charge in [0.25, 0.3) is 5.89 Å². The molecule has 0 saturated carbocycles. The van der Waals surface area contributed by atoms with E-state index in [2.05, 4.69) is 10.1 Å². The van der Waals surface area contributed by atoms with Gasteiger partial charge in [-0.15, -0.1) is 0 Å². The summed E-state index contributed by atoms with van der Waals surface area (Å²) < 4.78 is 11.0. The topological polar surface area (TPSA) is 85.5 Å². The molecule has 0 unspecified atom stereocenters. The highest BCUT2D eigenvalue weighted by molar-refractivity contribution is 5.94. The number of nitrogens with zero attached hydrogens (tertiary/aromatic N) is 2. The normalized spacial score (nSPS) is 10.6. The predicted octanol–water partition coefficient (Wildman–Crippen LogP) is 4.68. The summed E-state index contributed by atoms with van der Waals surface area (Å²) in [6.45, 7) is 0.485. The largest absolute Gasteiger partial charge is 0.489 e. The summed E-state index contributed by atoms with van der Waals surface area (Å²) in [5.74, 6) is 0.227. The number of benzene rings is 3. The molecule has 4 rings (SSSR count). The van der Waals surface area contributed by atoms with E-state index in [-0.39, 0.29) is 11.5 Å². The van der Waals surface area contributed by atoms with Crippen molar-refractivity contribution in [1.82, 2.24) is 10.1 Å². The number of hydrogen-bond acceptors (Lipinski definition) is 5. The van der Waals surface area contributed by atoms with Gasteiger partial charge in [-0.05, 0) is 42.0 Å². The second-order valence-electron chi connectivity index (χ2n) is 6.07. The van der Waals surface area contributed by atoms with Crippen molar-refractivity contribution in [2.24, 2.45) is 0 Å². The predicted molar refractivity (Wildman–Crippen MR) is 103 cm³/mol. The van der Waals surface area contributed by atoms with Crippen molar-refractivity contribution in [3.8, 4) is 28.6 Å². The third kappa shape index (κ3) is 3.76. The summed E-state index contributed by atoms with van der Waals surface area (Å²) in [5.41, 5.74) is 2.33. The molecule has 0 fully saturated rings. The molecule has 0 saturated heterocycles. The molecule has 1 heterocycles. The Hall–Kier alpha value is -3.93.